The Morgan fingerprint density at radius 3 is 2.45 bits per heavy atom. The third kappa shape index (κ3) is 4.80. The van der Waals surface area contributed by atoms with Crippen LogP contribution in [0.3, 0.4) is 0 Å². The Morgan fingerprint density at radius 1 is 1.14 bits per heavy atom. The topological polar surface area (TPSA) is 55.8 Å². The minimum atomic E-state index is 0.0271. The van der Waals surface area contributed by atoms with E-state index in [1.54, 1.807) is 6.07 Å². The second-order valence-corrected chi connectivity index (χ2v) is 7.95. The number of piperazine rings is 1. The molecule has 1 amide bonds. The summed E-state index contributed by atoms with van der Waals surface area (Å²) in [5.74, 6) is 0.344. The van der Waals surface area contributed by atoms with Crippen molar-refractivity contribution in [2.45, 2.75) is 45.8 Å². The first-order chi connectivity index (χ1) is 13.9. The van der Waals surface area contributed by atoms with Crippen LogP contribution in [0.4, 0.5) is 0 Å². The Hall–Kier alpha value is -2.37. The lowest BCUT2D eigenvalue weighted by Gasteiger charge is -2.43. The lowest BCUT2D eigenvalue weighted by Crippen LogP contribution is -2.55. The molecule has 156 valence electrons. The maximum atomic E-state index is 12.7. The Kier molecular flexibility index (Phi) is 6.93. The highest BCUT2D eigenvalue weighted by Gasteiger charge is 2.31. The van der Waals surface area contributed by atoms with Crippen LogP contribution in [0.1, 0.15) is 55.2 Å². The lowest BCUT2D eigenvalue weighted by molar-refractivity contribution is 0.0773. The minimum absolute atomic E-state index is 0.0271. The van der Waals surface area contributed by atoms with Gasteiger partial charge in [-0.2, -0.15) is 0 Å². The number of amides is 1. The molecule has 5 heteroatoms. The van der Waals surface area contributed by atoms with Crippen molar-refractivity contribution in [2.24, 2.45) is 0 Å². The molecule has 0 unspecified atom stereocenters. The smallest absolute Gasteiger partial charge is 0.253 e. The summed E-state index contributed by atoms with van der Waals surface area (Å²) in [6.07, 6.45) is 0. The van der Waals surface area contributed by atoms with Crippen LogP contribution in [-0.2, 0) is 0 Å². The van der Waals surface area contributed by atoms with E-state index in [0.717, 1.165) is 24.2 Å². The fraction of sp³-hybridized carbons (Fsp3) is 0.458. The molecule has 5 nitrogen and oxygen atoms in total. The molecule has 29 heavy (non-hydrogen) atoms. The minimum Gasteiger partial charge on any atom is -0.508 e. The van der Waals surface area contributed by atoms with Gasteiger partial charge in [0.05, 0.1) is 6.04 Å². The van der Waals surface area contributed by atoms with Crippen LogP contribution < -0.4 is 5.32 Å². The highest BCUT2D eigenvalue weighted by Crippen LogP contribution is 2.33. The zero-order chi connectivity index (χ0) is 21.0. The van der Waals surface area contributed by atoms with Crippen molar-refractivity contribution in [2.75, 3.05) is 26.2 Å². The lowest BCUT2D eigenvalue weighted by atomic mass is 9.93. The average molecular weight is 396 g/mol. The van der Waals surface area contributed by atoms with Gasteiger partial charge in [0.2, 0.25) is 0 Å². The van der Waals surface area contributed by atoms with Crippen molar-refractivity contribution in [3.63, 3.8) is 0 Å². The van der Waals surface area contributed by atoms with Crippen molar-refractivity contribution in [1.82, 2.24) is 15.1 Å². The maximum Gasteiger partial charge on any atom is 0.253 e. The summed E-state index contributed by atoms with van der Waals surface area (Å²) in [6, 6.07) is 16.3. The number of benzene rings is 2. The summed E-state index contributed by atoms with van der Waals surface area (Å²) < 4.78 is 0. The Balaban J connectivity index is 1.97. The predicted molar refractivity (Wildman–Crippen MR) is 117 cm³/mol. The quantitative estimate of drug-likeness (QED) is 0.784. The van der Waals surface area contributed by atoms with Gasteiger partial charge in [0.15, 0.2) is 0 Å². The summed E-state index contributed by atoms with van der Waals surface area (Å²) in [5, 5.41) is 13.6. The van der Waals surface area contributed by atoms with E-state index in [1.807, 2.05) is 43.0 Å². The van der Waals surface area contributed by atoms with E-state index in [0.29, 0.717) is 30.7 Å². The number of nitrogens with one attached hydrogen (secondary N) is 1. The van der Waals surface area contributed by atoms with Gasteiger partial charge >= 0.3 is 0 Å². The number of aromatic hydroxyl groups is 1. The molecule has 0 spiro atoms. The summed E-state index contributed by atoms with van der Waals surface area (Å²) in [7, 11) is 0. The fourth-order valence-electron chi connectivity index (χ4n) is 4.18. The van der Waals surface area contributed by atoms with E-state index in [9.17, 15) is 9.90 Å². The third-order valence-electron chi connectivity index (χ3n) is 5.85. The van der Waals surface area contributed by atoms with E-state index < -0.39 is 0 Å². The van der Waals surface area contributed by atoms with Crippen molar-refractivity contribution in [3.05, 3.63) is 65.2 Å². The van der Waals surface area contributed by atoms with Crippen LogP contribution in [0, 0.1) is 0 Å². The van der Waals surface area contributed by atoms with E-state index in [1.165, 1.54) is 0 Å². The van der Waals surface area contributed by atoms with Crippen LogP contribution in [0.15, 0.2) is 48.5 Å². The highest BCUT2D eigenvalue weighted by atomic mass is 16.3. The fourth-order valence-corrected chi connectivity index (χ4v) is 4.18. The van der Waals surface area contributed by atoms with Gasteiger partial charge in [-0.05, 0) is 63.1 Å². The SMILES string of the molecule is CCN(CC)C(=O)c1ccc([C@H](c2cccc(O)c2)N2C[C@@H](C)NC[C@@H]2C)cc1. The average Bonchev–Trinajstić information content (AvgIpc) is 2.72. The molecule has 0 saturated carbocycles. The molecule has 0 aromatic heterocycles. The van der Waals surface area contributed by atoms with Crippen molar-refractivity contribution < 1.29 is 9.90 Å². The first kappa shape index (κ1) is 21.3. The molecular formula is C24H33N3O2. The number of nitrogens with zero attached hydrogens (tertiary/aromatic N) is 2. The van der Waals surface area contributed by atoms with E-state index in [4.69, 9.17) is 0 Å². The summed E-state index contributed by atoms with van der Waals surface area (Å²) >= 11 is 0. The molecule has 1 aliphatic rings. The van der Waals surface area contributed by atoms with Crippen LogP contribution in [0.5, 0.6) is 5.75 Å². The van der Waals surface area contributed by atoms with Gasteiger partial charge in [-0.25, -0.2) is 0 Å². The molecule has 2 N–H and O–H groups in total. The summed E-state index contributed by atoms with van der Waals surface area (Å²) in [6.45, 7) is 11.7. The van der Waals surface area contributed by atoms with Gasteiger partial charge in [0.1, 0.15) is 5.75 Å². The van der Waals surface area contributed by atoms with Crippen LogP contribution in [-0.4, -0.2) is 59.1 Å². The number of rotatable bonds is 6. The second kappa shape index (κ2) is 9.42. The zero-order valence-corrected chi connectivity index (χ0v) is 17.9. The van der Waals surface area contributed by atoms with Crippen LogP contribution in [0.25, 0.3) is 0 Å². The van der Waals surface area contributed by atoms with Gasteiger partial charge in [-0.1, -0.05) is 24.3 Å². The Bertz CT molecular complexity index is 817. The molecule has 3 rings (SSSR count). The molecule has 0 radical (unpaired) electrons. The zero-order valence-electron chi connectivity index (χ0n) is 17.9. The maximum absolute atomic E-state index is 12.7. The van der Waals surface area contributed by atoms with E-state index >= 15 is 0 Å². The number of phenols is 1. The standard InChI is InChI=1S/C24H33N3O2/c1-5-26(6-2)24(29)20-12-10-19(11-13-20)23(21-8-7-9-22(28)14-21)27-16-17(3)25-15-18(27)4/h7-14,17-18,23,25,28H,5-6,15-16H2,1-4H3/t17-,18+,23-/m1/s1. The first-order valence-electron chi connectivity index (χ1n) is 10.6. The summed E-state index contributed by atoms with van der Waals surface area (Å²) in [4.78, 5) is 17.0. The Morgan fingerprint density at radius 2 is 1.83 bits per heavy atom. The summed E-state index contributed by atoms with van der Waals surface area (Å²) in [5.41, 5.74) is 2.91. The molecule has 3 atom stereocenters. The number of hydrogen-bond acceptors (Lipinski definition) is 4. The molecule has 0 bridgehead atoms. The number of carbonyl (C=O) groups is 1. The third-order valence-corrected chi connectivity index (χ3v) is 5.85. The highest BCUT2D eigenvalue weighted by molar-refractivity contribution is 5.94. The Labute approximate surface area is 174 Å². The molecule has 1 heterocycles. The van der Waals surface area contributed by atoms with Gasteiger partial charge < -0.3 is 15.3 Å². The molecule has 0 aliphatic carbocycles. The monoisotopic (exact) mass is 395 g/mol. The van der Waals surface area contributed by atoms with Gasteiger partial charge in [-0.3, -0.25) is 9.69 Å². The largest absolute Gasteiger partial charge is 0.508 e. The molecule has 1 saturated heterocycles. The second-order valence-electron chi connectivity index (χ2n) is 7.95. The number of phenolic OH excluding ortho intramolecular Hbond substituents is 1. The first-order valence-corrected chi connectivity index (χ1v) is 10.6. The molecular weight excluding hydrogens is 362 g/mol. The van der Waals surface area contributed by atoms with Gasteiger partial charge in [0.25, 0.3) is 5.91 Å². The van der Waals surface area contributed by atoms with Crippen molar-refractivity contribution in [1.29, 1.82) is 0 Å². The van der Waals surface area contributed by atoms with Crippen molar-refractivity contribution >= 4 is 5.91 Å². The van der Waals surface area contributed by atoms with Crippen LogP contribution in [0.2, 0.25) is 0 Å². The number of hydrogen-bond donors (Lipinski definition) is 2. The molecule has 2 aromatic carbocycles. The normalized spacial score (nSPS) is 21.0. The molecule has 2 aromatic rings. The molecule has 1 aliphatic heterocycles. The van der Waals surface area contributed by atoms with E-state index in [2.05, 4.69) is 42.3 Å². The predicted octanol–water partition coefficient (Wildman–Crippen LogP) is 3.65. The molecule has 1 fully saturated rings. The van der Waals surface area contributed by atoms with Crippen molar-refractivity contribution in [3.8, 4) is 5.75 Å². The number of carbonyl (C=O) groups excluding carboxylic acids is 1. The van der Waals surface area contributed by atoms with Crippen LogP contribution >= 0.6 is 0 Å². The van der Waals surface area contributed by atoms with Gasteiger partial charge in [-0.15, -0.1) is 0 Å². The van der Waals surface area contributed by atoms with Gasteiger partial charge in [0, 0.05) is 43.8 Å². The van der Waals surface area contributed by atoms with E-state index in [-0.39, 0.29) is 17.7 Å².